The number of methoxy groups -OCH3 is 1. The fraction of sp³-hybridized carbons (Fsp3) is 0.133. The number of rotatable bonds is 3. The van der Waals surface area contributed by atoms with Gasteiger partial charge in [-0.2, -0.15) is 0 Å². The molecule has 0 bridgehead atoms. The number of hydrogen-bond donors (Lipinski definition) is 1. The molecule has 0 aliphatic heterocycles. The molecule has 0 fully saturated rings. The van der Waals surface area contributed by atoms with Crippen LogP contribution in [-0.4, -0.2) is 29.5 Å². The first-order chi connectivity index (χ1) is 9.79. The third-order valence-corrected chi connectivity index (χ3v) is 2.46. The topological polar surface area (TPSA) is 64.1 Å². The number of carbonyl (C=O) groups is 1. The summed E-state index contributed by atoms with van der Waals surface area (Å²) in [6.07, 6.45) is 4.39. The monoisotopic (exact) mass is 267 g/mol. The molecule has 0 saturated carbocycles. The van der Waals surface area contributed by atoms with Crippen LogP contribution in [0.5, 0.6) is 5.75 Å². The van der Waals surface area contributed by atoms with Crippen molar-refractivity contribution in [2.45, 2.75) is 0 Å². The lowest BCUT2D eigenvalue weighted by atomic mass is 10.2. The fourth-order valence-corrected chi connectivity index (χ4v) is 1.45. The Morgan fingerprint density at radius 2 is 2.10 bits per heavy atom. The third-order valence-electron chi connectivity index (χ3n) is 2.46. The van der Waals surface area contributed by atoms with Gasteiger partial charge in [0.25, 0.3) is 5.91 Å². The molecule has 5 heteroatoms. The van der Waals surface area contributed by atoms with Crippen LogP contribution in [0.4, 0.5) is 0 Å². The maximum atomic E-state index is 11.6. The minimum absolute atomic E-state index is 0.251. The molecule has 2 rings (SSSR count). The largest absolute Gasteiger partial charge is 0.497 e. The highest BCUT2D eigenvalue weighted by Crippen LogP contribution is 2.09. The van der Waals surface area contributed by atoms with Gasteiger partial charge < -0.3 is 10.1 Å². The van der Waals surface area contributed by atoms with Crippen LogP contribution in [0.1, 0.15) is 16.1 Å². The molecule has 0 spiro atoms. The molecule has 1 amide bonds. The minimum atomic E-state index is -0.290. The van der Waals surface area contributed by atoms with Crippen molar-refractivity contribution in [2.24, 2.45) is 0 Å². The van der Waals surface area contributed by atoms with Crippen LogP contribution >= 0.6 is 0 Å². The van der Waals surface area contributed by atoms with Gasteiger partial charge in [-0.1, -0.05) is 11.8 Å². The van der Waals surface area contributed by atoms with Gasteiger partial charge >= 0.3 is 0 Å². The van der Waals surface area contributed by atoms with Crippen LogP contribution < -0.4 is 10.1 Å². The highest BCUT2D eigenvalue weighted by Gasteiger charge is 2.03. The van der Waals surface area contributed by atoms with Gasteiger partial charge in [-0.25, -0.2) is 4.98 Å². The first kappa shape index (κ1) is 13.6. The second kappa shape index (κ2) is 6.90. The zero-order valence-electron chi connectivity index (χ0n) is 11.0. The predicted octanol–water partition coefficient (Wildman–Crippen LogP) is 1.27. The summed E-state index contributed by atoms with van der Waals surface area (Å²) in [6, 6.07) is 7.39. The van der Waals surface area contributed by atoms with E-state index in [4.69, 9.17) is 4.74 Å². The smallest absolute Gasteiger partial charge is 0.272 e. The van der Waals surface area contributed by atoms with Crippen molar-refractivity contribution >= 4 is 5.91 Å². The van der Waals surface area contributed by atoms with Crippen LogP contribution in [0.3, 0.4) is 0 Å². The Kier molecular flexibility index (Phi) is 4.68. The molecular weight excluding hydrogens is 254 g/mol. The number of aromatic nitrogens is 2. The molecule has 100 valence electrons. The van der Waals surface area contributed by atoms with Crippen LogP contribution in [0.25, 0.3) is 0 Å². The zero-order chi connectivity index (χ0) is 14.2. The van der Waals surface area contributed by atoms with Crippen LogP contribution in [-0.2, 0) is 0 Å². The summed E-state index contributed by atoms with van der Waals surface area (Å²) >= 11 is 0. The average molecular weight is 267 g/mol. The summed E-state index contributed by atoms with van der Waals surface area (Å²) in [5.41, 5.74) is 1.14. The van der Waals surface area contributed by atoms with Gasteiger partial charge in [0, 0.05) is 18.0 Å². The summed E-state index contributed by atoms with van der Waals surface area (Å²) in [5, 5.41) is 2.65. The molecule has 20 heavy (non-hydrogen) atoms. The molecule has 0 radical (unpaired) electrons. The highest BCUT2D eigenvalue weighted by molar-refractivity contribution is 5.91. The van der Waals surface area contributed by atoms with E-state index >= 15 is 0 Å². The number of carbonyl (C=O) groups excluding carboxylic acids is 1. The van der Waals surface area contributed by atoms with E-state index in [1.165, 1.54) is 18.6 Å². The van der Waals surface area contributed by atoms with E-state index in [1.807, 2.05) is 24.3 Å². The van der Waals surface area contributed by atoms with E-state index in [1.54, 1.807) is 7.11 Å². The lowest BCUT2D eigenvalue weighted by molar-refractivity contribution is 0.0953. The molecule has 2 aromatic rings. The predicted molar refractivity (Wildman–Crippen MR) is 74.2 cm³/mol. The number of nitrogens with one attached hydrogen (secondary N) is 1. The quantitative estimate of drug-likeness (QED) is 0.850. The van der Waals surface area contributed by atoms with Crippen molar-refractivity contribution in [3.05, 3.63) is 54.1 Å². The van der Waals surface area contributed by atoms with Crippen molar-refractivity contribution in [1.82, 2.24) is 15.3 Å². The molecular formula is C15H13N3O2. The van der Waals surface area contributed by atoms with Gasteiger partial charge in [0.1, 0.15) is 11.4 Å². The summed E-state index contributed by atoms with van der Waals surface area (Å²) in [5.74, 6) is 6.31. The molecule has 1 N–H and O–H groups in total. The Balaban J connectivity index is 1.87. The number of ether oxygens (including phenoxy) is 1. The first-order valence-corrected chi connectivity index (χ1v) is 5.97. The fourth-order valence-electron chi connectivity index (χ4n) is 1.45. The van der Waals surface area contributed by atoms with Gasteiger partial charge in [-0.3, -0.25) is 9.78 Å². The van der Waals surface area contributed by atoms with Crippen molar-refractivity contribution < 1.29 is 9.53 Å². The standard InChI is InChI=1S/C15H13N3O2/c1-20-13-6-4-12(5-7-13)3-2-8-18-15(19)14-11-16-9-10-17-14/h4-7,9-11H,8H2,1H3,(H,18,19). The van der Waals surface area contributed by atoms with E-state index < -0.39 is 0 Å². The summed E-state index contributed by atoms with van der Waals surface area (Å²) in [4.78, 5) is 19.4. The van der Waals surface area contributed by atoms with E-state index in [-0.39, 0.29) is 18.1 Å². The Hall–Kier alpha value is -2.87. The molecule has 0 aliphatic carbocycles. The van der Waals surface area contributed by atoms with Crippen molar-refractivity contribution in [1.29, 1.82) is 0 Å². The SMILES string of the molecule is COc1ccc(C#CCNC(=O)c2cnccn2)cc1. The van der Waals surface area contributed by atoms with Gasteiger partial charge in [-0.15, -0.1) is 0 Å². The lowest BCUT2D eigenvalue weighted by Gasteiger charge is -1.99. The van der Waals surface area contributed by atoms with Crippen molar-refractivity contribution in [3.8, 4) is 17.6 Å². The third kappa shape index (κ3) is 3.82. The Morgan fingerprint density at radius 1 is 1.30 bits per heavy atom. The number of hydrogen-bond acceptors (Lipinski definition) is 4. The van der Waals surface area contributed by atoms with E-state index in [0.29, 0.717) is 0 Å². The Morgan fingerprint density at radius 3 is 2.75 bits per heavy atom. The molecule has 1 heterocycles. The first-order valence-electron chi connectivity index (χ1n) is 5.97. The van der Waals surface area contributed by atoms with Crippen molar-refractivity contribution in [3.63, 3.8) is 0 Å². The highest BCUT2D eigenvalue weighted by atomic mass is 16.5. The van der Waals surface area contributed by atoms with E-state index in [9.17, 15) is 4.79 Å². The lowest BCUT2D eigenvalue weighted by Crippen LogP contribution is -2.24. The molecule has 0 aliphatic rings. The average Bonchev–Trinajstić information content (AvgIpc) is 2.53. The number of benzene rings is 1. The Labute approximate surface area is 117 Å². The van der Waals surface area contributed by atoms with E-state index in [2.05, 4.69) is 27.1 Å². The molecule has 1 aromatic heterocycles. The van der Waals surface area contributed by atoms with Gasteiger partial charge in [0.2, 0.25) is 0 Å². The normalized spacial score (nSPS) is 9.25. The van der Waals surface area contributed by atoms with E-state index in [0.717, 1.165) is 11.3 Å². The number of nitrogens with zero attached hydrogens (tertiary/aromatic N) is 2. The molecule has 5 nitrogen and oxygen atoms in total. The molecule has 0 saturated heterocycles. The zero-order valence-corrected chi connectivity index (χ0v) is 11.0. The van der Waals surface area contributed by atoms with Gasteiger partial charge in [0.05, 0.1) is 19.9 Å². The second-order valence-corrected chi connectivity index (χ2v) is 3.80. The van der Waals surface area contributed by atoms with Crippen LogP contribution in [0, 0.1) is 11.8 Å². The van der Waals surface area contributed by atoms with Crippen LogP contribution in [0.15, 0.2) is 42.9 Å². The molecule has 1 aromatic carbocycles. The van der Waals surface area contributed by atoms with Gasteiger partial charge in [0.15, 0.2) is 0 Å². The Bertz CT molecular complexity index is 628. The summed E-state index contributed by atoms with van der Waals surface area (Å²) in [7, 11) is 1.61. The van der Waals surface area contributed by atoms with Gasteiger partial charge in [-0.05, 0) is 24.3 Å². The van der Waals surface area contributed by atoms with Crippen molar-refractivity contribution in [2.75, 3.05) is 13.7 Å². The second-order valence-electron chi connectivity index (χ2n) is 3.80. The molecule has 0 unspecified atom stereocenters. The maximum absolute atomic E-state index is 11.6. The van der Waals surface area contributed by atoms with Crippen LogP contribution in [0.2, 0.25) is 0 Å². The maximum Gasteiger partial charge on any atom is 0.272 e. The molecule has 0 atom stereocenters. The number of amides is 1. The minimum Gasteiger partial charge on any atom is -0.497 e. The summed E-state index contributed by atoms with van der Waals surface area (Å²) < 4.78 is 5.06. The summed E-state index contributed by atoms with van der Waals surface area (Å²) in [6.45, 7) is 0.251.